The number of rotatable bonds is 3. The largest absolute Gasteiger partial charge is 0.321 e. The molecule has 72 valence electrons. The zero-order valence-corrected chi connectivity index (χ0v) is 8.33. The highest BCUT2D eigenvalue weighted by Gasteiger charge is 2.40. The quantitative estimate of drug-likeness (QED) is 0.764. The van der Waals surface area contributed by atoms with Gasteiger partial charge in [0.15, 0.2) is 0 Å². The van der Waals surface area contributed by atoms with Gasteiger partial charge in [0.1, 0.15) is 0 Å². The summed E-state index contributed by atoms with van der Waals surface area (Å²) in [6, 6.07) is 0. The van der Waals surface area contributed by atoms with E-state index in [0.717, 1.165) is 6.54 Å². The van der Waals surface area contributed by atoms with Gasteiger partial charge in [-0.15, -0.1) is 0 Å². The molecule has 1 fully saturated rings. The second-order valence-corrected chi connectivity index (χ2v) is 4.14. The Bertz CT molecular complexity index is 297. The summed E-state index contributed by atoms with van der Waals surface area (Å²) in [7, 11) is 0. The van der Waals surface area contributed by atoms with Crippen LogP contribution >= 0.6 is 0 Å². The fourth-order valence-corrected chi connectivity index (χ4v) is 1.73. The Morgan fingerprint density at radius 3 is 2.85 bits per heavy atom. The first kappa shape index (κ1) is 8.75. The van der Waals surface area contributed by atoms with Crippen LogP contribution in [0, 0.1) is 5.92 Å². The molecule has 1 unspecified atom stereocenters. The number of nitrogens with zero attached hydrogens (tertiary/aromatic N) is 2. The second-order valence-electron chi connectivity index (χ2n) is 4.14. The maximum absolute atomic E-state index is 6.26. The average Bonchev–Trinajstić information content (AvgIpc) is 2.84. The van der Waals surface area contributed by atoms with E-state index < -0.39 is 0 Å². The first-order chi connectivity index (χ1) is 6.14. The van der Waals surface area contributed by atoms with E-state index in [2.05, 4.69) is 25.1 Å². The summed E-state index contributed by atoms with van der Waals surface area (Å²) >= 11 is 0. The zero-order chi connectivity index (χ0) is 9.47. The van der Waals surface area contributed by atoms with Gasteiger partial charge in [0, 0.05) is 23.8 Å². The minimum absolute atomic E-state index is 0.159. The molecule has 3 heteroatoms. The maximum atomic E-state index is 6.26. The van der Waals surface area contributed by atoms with Crippen LogP contribution in [-0.2, 0) is 12.1 Å². The van der Waals surface area contributed by atoms with Crippen LogP contribution in [0.25, 0.3) is 0 Å². The summed E-state index contributed by atoms with van der Waals surface area (Å²) in [4.78, 5) is 0. The molecule has 3 nitrogen and oxygen atoms in total. The molecule has 0 spiro atoms. The van der Waals surface area contributed by atoms with Crippen LogP contribution in [0.4, 0.5) is 0 Å². The molecule has 1 saturated carbocycles. The lowest BCUT2D eigenvalue weighted by molar-refractivity contribution is 0.426. The second kappa shape index (κ2) is 2.84. The van der Waals surface area contributed by atoms with Crippen LogP contribution in [0.1, 0.15) is 32.3 Å². The lowest BCUT2D eigenvalue weighted by Gasteiger charge is -2.22. The van der Waals surface area contributed by atoms with E-state index >= 15 is 0 Å². The van der Waals surface area contributed by atoms with Crippen molar-refractivity contribution in [1.82, 2.24) is 9.78 Å². The molecule has 1 aliphatic carbocycles. The van der Waals surface area contributed by atoms with Gasteiger partial charge in [-0.3, -0.25) is 4.68 Å². The molecule has 0 saturated heterocycles. The SMILES string of the molecule is CCn1cc(C(C)(N)C2CC2)cn1. The number of nitrogens with two attached hydrogens (primary N) is 1. The zero-order valence-electron chi connectivity index (χ0n) is 8.33. The summed E-state index contributed by atoms with van der Waals surface area (Å²) in [5.41, 5.74) is 7.28. The molecule has 1 aliphatic rings. The topological polar surface area (TPSA) is 43.8 Å². The van der Waals surface area contributed by atoms with Crippen LogP contribution in [-0.4, -0.2) is 9.78 Å². The van der Waals surface area contributed by atoms with Gasteiger partial charge in [-0.2, -0.15) is 5.10 Å². The molecular formula is C10H17N3. The Morgan fingerprint density at radius 2 is 2.38 bits per heavy atom. The third-order valence-corrected chi connectivity index (χ3v) is 3.00. The van der Waals surface area contributed by atoms with E-state index in [1.807, 2.05) is 10.9 Å². The normalized spacial score (nSPS) is 21.5. The summed E-state index contributed by atoms with van der Waals surface area (Å²) < 4.78 is 1.93. The molecule has 1 heterocycles. The smallest absolute Gasteiger partial charge is 0.0540 e. The third-order valence-electron chi connectivity index (χ3n) is 3.00. The highest BCUT2D eigenvalue weighted by atomic mass is 15.3. The van der Waals surface area contributed by atoms with Crippen molar-refractivity contribution in [1.29, 1.82) is 0 Å². The highest BCUT2D eigenvalue weighted by Crippen LogP contribution is 2.43. The predicted octanol–water partition coefficient (Wildman–Crippen LogP) is 1.49. The van der Waals surface area contributed by atoms with Gasteiger partial charge < -0.3 is 5.73 Å². The Hall–Kier alpha value is -0.830. The molecule has 2 rings (SSSR count). The van der Waals surface area contributed by atoms with Crippen LogP contribution in [0.3, 0.4) is 0 Å². The standard InChI is InChI=1S/C10H17N3/c1-3-13-7-9(6-12-13)10(2,11)8-4-5-8/h6-8H,3-5,11H2,1-2H3. The van der Waals surface area contributed by atoms with Crippen molar-refractivity contribution in [2.24, 2.45) is 11.7 Å². The van der Waals surface area contributed by atoms with E-state index in [1.165, 1.54) is 18.4 Å². The fraction of sp³-hybridized carbons (Fsp3) is 0.700. The number of hydrogen-bond acceptors (Lipinski definition) is 2. The number of aryl methyl sites for hydroxylation is 1. The minimum Gasteiger partial charge on any atom is -0.321 e. The van der Waals surface area contributed by atoms with Crippen LogP contribution in [0.2, 0.25) is 0 Å². The fourth-order valence-electron chi connectivity index (χ4n) is 1.73. The highest BCUT2D eigenvalue weighted by molar-refractivity contribution is 5.20. The molecule has 13 heavy (non-hydrogen) atoms. The van der Waals surface area contributed by atoms with Gasteiger partial charge in [-0.1, -0.05) is 0 Å². The molecule has 2 N–H and O–H groups in total. The van der Waals surface area contributed by atoms with Crippen molar-refractivity contribution in [2.75, 3.05) is 0 Å². The van der Waals surface area contributed by atoms with Crippen LogP contribution in [0.5, 0.6) is 0 Å². The minimum atomic E-state index is -0.159. The lowest BCUT2D eigenvalue weighted by atomic mass is 9.91. The predicted molar refractivity (Wildman–Crippen MR) is 52.2 cm³/mol. The lowest BCUT2D eigenvalue weighted by Crippen LogP contribution is -2.34. The third kappa shape index (κ3) is 1.48. The number of aromatic nitrogens is 2. The molecule has 0 bridgehead atoms. The molecule has 0 aliphatic heterocycles. The summed E-state index contributed by atoms with van der Waals surface area (Å²) in [6.07, 6.45) is 6.51. The Morgan fingerprint density at radius 1 is 1.69 bits per heavy atom. The Labute approximate surface area is 78.9 Å². The molecule has 1 aromatic heterocycles. The van der Waals surface area contributed by atoms with E-state index in [0.29, 0.717) is 5.92 Å². The van der Waals surface area contributed by atoms with Crippen molar-refractivity contribution in [3.8, 4) is 0 Å². The average molecular weight is 179 g/mol. The molecule has 1 atom stereocenters. The van der Waals surface area contributed by atoms with Gasteiger partial charge >= 0.3 is 0 Å². The molecule has 0 radical (unpaired) electrons. The monoisotopic (exact) mass is 179 g/mol. The summed E-state index contributed by atoms with van der Waals surface area (Å²) in [5.74, 6) is 0.669. The maximum Gasteiger partial charge on any atom is 0.0540 e. The molecule has 0 amide bonds. The van der Waals surface area contributed by atoms with Crippen molar-refractivity contribution >= 4 is 0 Å². The van der Waals surface area contributed by atoms with Crippen molar-refractivity contribution in [2.45, 2.75) is 38.8 Å². The first-order valence-corrected chi connectivity index (χ1v) is 4.96. The Balaban J connectivity index is 2.22. The molecule has 1 aromatic rings. The first-order valence-electron chi connectivity index (χ1n) is 4.96. The molecule has 0 aromatic carbocycles. The van der Waals surface area contributed by atoms with E-state index in [4.69, 9.17) is 5.73 Å². The van der Waals surface area contributed by atoms with Gasteiger partial charge in [0.25, 0.3) is 0 Å². The van der Waals surface area contributed by atoms with Crippen LogP contribution < -0.4 is 5.73 Å². The summed E-state index contributed by atoms with van der Waals surface area (Å²) in [6.45, 7) is 5.12. The van der Waals surface area contributed by atoms with Crippen molar-refractivity contribution < 1.29 is 0 Å². The van der Waals surface area contributed by atoms with Crippen molar-refractivity contribution in [3.63, 3.8) is 0 Å². The van der Waals surface area contributed by atoms with E-state index in [-0.39, 0.29) is 5.54 Å². The van der Waals surface area contributed by atoms with Crippen LogP contribution in [0.15, 0.2) is 12.4 Å². The number of hydrogen-bond donors (Lipinski definition) is 1. The molecular weight excluding hydrogens is 162 g/mol. The van der Waals surface area contributed by atoms with Gasteiger partial charge in [-0.05, 0) is 32.6 Å². The van der Waals surface area contributed by atoms with Gasteiger partial charge in [-0.25, -0.2) is 0 Å². The van der Waals surface area contributed by atoms with E-state index in [1.54, 1.807) is 0 Å². The van der Waals surface area contributed by atoms with E-state index in [9.17, 15) is 0 Å². The van der Waals surface area contributed by atoms with Gasteiger partial charge in [0.05, 0.1) is 6.20 Å². The van der Waals surface area contributed by atoms with Gasteiger partial charge in [0.2, 0.25) is 0 Å². The summed E-state index contributed by atoms with van der Waals surface area (Å²) in [5, 5.41) is 4.25. The van der Waals surface area contributed by atoms with Crippen molar-refractivity contribution in [3.05, 3.63) is 18.0 Å². The Kier molecular flexibility index (Phi) is 1.91.